The van der Waals surface area contributed by atoms with Crippen LogP contribution in [0.5, 0.6) is 0 Å². The molecule has 0 bridgehead atoms. The van der Waals surface area contributed by atoms with Gasteiger partial charge in [-0.2, -0.15) is 0 Å². The fourth-order valence-corrected chi connectivity index (χ4v) is 0.449. The van der Waals surface area contributed by atoms with Crippen molar-refractivity contribution in [2.45, 2.75) is 0 Å². The lowest BCUT2D eigenvalue weighted by molar-refractivity contribution is 0.134. The zero-order valence-corrected chi connectivity index (χ0v) is 7.39. The molecule has 0 aliphatic heterocycles. The molecule has 4 nitrogen and oxygen atoms in total. The Kier molecular flexibility index (Phi) is 4.07. The number of rotatable bonds is 4. The molecule has 0 aromatic rings. The number of halogens is 8. The van der Waals surface area contributed by atoms with Crippen molar-refractivity contribution in [3.63, 3.8) is 0 Å². The Balaban J connectivity index is 4.62. The Morgan fingerprint density at radius 3 is 1.06 bits per heavy atom. The minimum atomic E-state index is -6.49. The third kappa shape index (κ3) is 5.44. The van der Waals surface area contributed by atoms with E-state index in [4.69, 9.17) is 0 Å². The normalized spacial score (nSPS) is 13.2. The van der Waals surface area contributed by atoms with Crippen molar-refractivity contribution < 1.29 is 53.4 Å². The van der Waals surface area contributed by atoms with E-state index in [1.807, 2.05) is 0 Å². The van der Waals surface area contributed by atoms with E-state index in [-0.39, 0.29) is 0 Å². The van der Waals surface area contributed by atoms with Crippen molar-refractivity contribution in [3.05, 3.63) is 0 Å². The predicted octanol–water partition coefficient (Wildman–Crippen LogP) is 2.49. The van der Waals surface area contributed by atoms with Crippen molar-refractivity contribution >= 4 is 32.8 Å². The highest BCUT2D eigenvalue weighted by Gasteiger charge is 2.46. The van der Waals surface area contributed by atoms with E-state index in [1.54, 1.807) is 0 Å². The lowest BCUT2D eigenvalue weighted by Gasteiger charge is -2.31. The van der Waals surface area contributed by atoms with Crippen molar-refractivity contribution in [1.29, 1.82) is 0 Å². The summed E-state index contributed by atoms with van der Waals surface area (Å²) < 4.78 is 97.8. The molecule has 0 spiro atoms. The van der Waals surface area contributed by atoms with Gasteiger partial charge in [-0.25, -0.2) is 0 Å². The summed E-state index contributed by atoms with van der Waals surface area (Å²) in [6, 6.07) is 0. The van der Waals surface area contributed by atoms with Crippen LogP contribution in [0.4, 0.5) is 44.1 Å². The summed E-state index contributed by atoms with van der Waals surface area (Å²) in [5.41, 5.74) is 0. The Labute approximate surface area is 87.4 Å². The second kappa shape index (κ2) is 4.45. The summed E-state index contributed by atoms with van der Waals surface area (Å²) in [5.74, 6) is -6.84. The molecule has 0 unspecified atom stereocenters. The number of hydrogen-bond donors (Lipinski definition) is 0. The zero-order chi connectivity index (χ0) is 14.1. The molecule has 0 N–H and O–H groups in total. The van der Waals surface area contributed by atoms with Crippen LogP contribution in [0.1, 0.15) is 0 Å². The molecule has 0 amide bonds. The first-order valence-corrected chi connectivity index (χ1v) is 3.61. The monoisotopic (exact) mass is 273 g/mol. The van der Waals surface area contributed by atoms with E-state index in [9.17, 15) is 44.1 Å². The maximum Gasteiger partial charge on any atom is 0.725 e. The lowest BCUT2D eigenvalue weighted by Crippen LogP contribution is -2.46. The molecule has 0 aliphatic carbocycles. The van der Waals surface area contributed by atoms with Crippen LogP contribution >= 0.6 is 0 Å². The number of carbonyl (C=O) groups is 2. The molecule has 100 valence electrons. The van der Waals surface area contributed by atoms with E-state index in [2.05, 4.69) is 9.31 Å². The largest absolute Gasteiger partial charge is 0.725 e. The summed E-state index contributed by atoms with van der Waals surface area (Å²) in [6.45, 7) is -13.0. The highest BCUT2D eigenvalue weighted by molar-refractivity contribution is 6.93. The van der Waals surface area contributed by atoms with Crippen molar-refractivity contribution in [2.75, 3.05) is 0 Å². The highest BCUT2D eigenvalue weighted by Crippen LogP contribution is 2.22. The van der Waals surface area contributed by atoms with Gasteiger partial charge in [0.2, 0.25) is 11.7 Å². The Morgan fingerprint density at radius 2 is 0.882 bits per heavy atom. The molecular formula is C2B3F8O4-3. The maximum absolute atomic E-state index is 12.2. The summed E-state index contributed by atoms with van der Waals surface area (Å²) >= 11 is 0. The molecule has 0 saturated carbocycles. The fourth-order valence-electron chi connectivity index (χ4n) is 0.449. The number of carbonyl (C=O) groups excluding carboxylic acids is 2. The van der Waals surface area contributed by atoms with Gasteiger partial charge in [-0.3, -0.25) is 9.59 Å². The smallest absolute Gasteiger partial charge is 0.625 e. The SMILES string of the molecule is O=C(O[B-](F)(F)OC(=O)[B-](F)(F)F)[B-](F)(F)F. The third-order valence-electron chi connectivity index (χ3n) is 1.04. The topological polar surface area (TPSA) is 52.6 Å². The van der Waals surface area contributed by atoms with Gasteiger partial charge in [0.1, 0.15) is 0 Å². The minimum absolute atomic E-state index is 2.33. The van der Waals surface area contributed by atoms with Gasteiger partial charge in [0.15, 0.2) is 0 Å². The molecule has 0 aliphatic rings. The molecule has 0 fully saturated rings. The van der Waals surface area contributed by atoms with Crippen LogP contribution in [-0.2, 0) is 9.31 Å². The van der Waals surface area contributed by atoms with Gasteiger partial charge >= 0.3 is 21.1 Å². The summed E-state index contributed by atoms with van der Waals surface area (Å²) in [6.07, 6.45) is 0. The quantitative estimate of drug-likeness (QED) is 0.583. The van der Waals surface area contributed by atoms with Crippen molar-refractivity contribution in [1.82, 2.24) is 0 Å². The first kappa shape index (κ1) is 15.6. The fraction of sp³-hybridized carbons (Fsp3) is 0. The molecule has 15 heteroatoms. The van der Waals surface area contributed by atoms with Crippen LogP contribution in [0.15, 0.2) is 0 Å². The first-order chi connectivity index (χ1) is 7.26. The Morgan fingerprint density at radius 1 is 0.647 bits per heavy atom. The number of hydrogen-bond acceptors (Lipinski definition) is 4. The molecule has 0 saturated heterocycles. The first-order valence-electron chi connectivity index (χ1n) is 3.61. The molecule has 0 rings (SSSR count). The van der Waals surface area contributed by atoms with Crippen LogP contribution in [0.25, 0.3) is 0 Å². The Bertz CT molecular complexity index is 290. The van der Waals surface area contributed by atoms with Gasteiger partial charge in [0, 0.05) is 0 Å². The van der Waals surface area contributed by atoms with Gasteiger partial charge in [-0.05, 0) is 0 Å². The van der Waals surface area contributed by atoms with Gasteiger partial charge in [0.25, 0.3) is 0 Å². The van der Waals surface area contributed by atoms with E-state index in [1.165, 1.54) is 0 Å². The molecule has 0 radical (unpaired) electrons. The lowest BCUT2D eigenvalue weighted by atomic mass is 9.90. The minimum Gasteiger partial charge on any atom is -0.625 e. The summed E-state index contributed by atoms with van der Waals surface area (Å²) in [4.78, 5) is 19.7. The predicted molar refractivity (Wildman–Crippen MR) is 39.1 cm³/mol. The molecule has 17 heavy (non-hydrogen) atoms. The van der Waals surface area contributed by atoms with Crippen LogP contribution in [0.3, 0.4) is 0 Å². The van der Waals surface area contributed by atoms with E-state index in [0.717, 1.165) is 0 Å². The van der Waals surface area contributed by atoms with Crippen LogP contribution in [0, 0.1) is 0 Å². The van der Waals surface area contributed by atoms with Crippen LogP contribution < -0.4 is 0 Å². The van der Waals surface area contributed by atoms with Gasteiger partial charge in [-0.15, -0.1) is 0 Å². The molecule has 0 aromatic carbocycles. The van der Waals surface area contributed by atoms with Crippen molar-refractivity contribution in [2.24, 2.45) is 0 Å². The van der Waals surface area contributed by atoms with Gasteiger partial charge in [-0.1, -0.05) is 0 Å². The maximum atomic E-state index is 12.2. The molecule has 0 aromatic heterocycles. The van der Waals surface area contributed by atoms with E-state index < -0.39 is 32.8 Å². The van der Waals surface area contributed by atoms with Gasteiger partial charge in [0.05, 0.1) is 0 Å². The standard InChI is InChI=1S/C2B3F8O4/c6-3(7,8)1(14)16-5(12,13)17-2(15)4(9,10)11/q-3. The Hall–Kier alpha value is -1.43. The third-order valence-corrected chi connectivity index (χ3v) is 1.04. The summed E-state index contributed by atoms with van der Waals surface area (Å²) in [5, 5.41) is 0. The molecule has 0 atom stereocenters. The molecule has 0 heterocycles. The zero-order valence-electron chi connectivity index (χ0n) is 7.39. The average Bonchev–Trinajstić information content (AvgIpc) is 1.97. The second-order valence-electron chi connectivity index (χ2n) is 2.56. The second-order valence-corrected chi connectivity index (χ2v) is 2.56. The highest BCUT2D eigenvalue weighted by atomic mass is 19.4. The summed E-state index contributed by atoms with van der Waals surface area (Å²) in [7, 11) is -6.33. The van der Waals surface area contributed by atoms with E-state index >= 15 is 0 Å². The van der Waals surface area contributed by atoms with Crippen LogP contribution in [-0.4, -0.2) is 32.8 Å². The van der Waals surface area contributed by atoms with E-state index in [0.29, 0.717) is 0 Å². The van der Waals surface area contributed by atoms with Crippen molar-refractivity contribution in [3.8, 4) is 0 Å². The van der Waals surface area contributed by atoms with Gasteiger partial charge < -0.3 is 43.8 Å². The molecular weight excluding hydrogens is 272 g/mol. The van der Waals surface area contributed by atoms with Crippen LogP contribution in [0.2, 0.25) is 0 Å². The average molecular weight is 272 g/mol.